The molecule has 0 bridgehead atoms. The first-order chi connectivity index (χ1) is 9.74. The summed E-state index contributed by atoms with van der Waals surface area (Å²) < 4.78 is 0. The topological polar surface area (TPSA) is 20.2 Å². The summed E-state index contributed by atoms with van der Waals surface area (Å²) in [6.07, 6.45) is 4.40. The number of hydrogen-bond acceptors (Lipinski definition) is 1. The third-order valence-electron chi connectivity index (χ3n) is 4.31. The van der Waals surface area contributed by atoms with E-state index in [1.807, 2.05) is 12.1 Å². The highest BCUT2D eigenvalue weighted by Crippen LogP contribution is 2.43. The largest absolute Gasteiger partial charge is 0.508 e. The number of rotatable bonds is 6. The lowest BCUT2D eigenvalue weighted by Gasteiger charge is -2.35. The minimum Gasteiger partial charge on any atom is -0.508 e. The number of aromatic hydroxyl groups is 1. The highest BCUT2D eigenvalue weighted by atomic mass is 16.3. The zero-order valence-corrected chi connectivity index (χ0v) is 12.5. The molecule has 2 aromatic carbocycles. The van der Waals surface area contributed by atoms with Crippen molar-refractivity contribution >= 4 is 0 Å². The number of unbranched alkanes of at least 4 members (excludes halogenated alkanes) is 1. The Morgan fingerprint density at radius 3 is 2.15 bits per heavy atom. The van der Waals surface area contributed by atoms with Crippen LogP contribution in [0.4, 0.5) is 0 Å². The number of phenols is 1. The third kappa shape index (κ3) is 2.72. The molecule has 0 saturated carbocycles. The van der Waals surface area contributed by atoms with Gasteiger partial charge in [0, 0.05) is 11.0 Å². The molecule has 0 fully saturated rings. The molecule has 0 saturated heterocycles. The summed E-state index contributed by atoms with van der Waals surface area (Å²) in [5.41, 5.74) is 2.28. The average Bonchev–Trinajstić information content (AvgIpc) is 2.51. The summed E-state index contributed by atoms with van der Waals surface area (Å²) >= 11 is 0. The minimum absolute atomic E-state index is 0.0807. The molecule has 1 nitrogen and oxygen atoms in total. The Morgan fingerprint density at radius 1 is 0.900 bits per heavy atom. The summed E-state index contributed by atoms with van der Waals surface area (Å²) in [6, 6.07) is 18.4. The van der Waals surface area contributed by atoms with Crippen molar-refractivity contribution in [2.75, 3.05) is 0 Å². The molecule has 1 heteroatoms. The van der Waals surface area contributed by atoms with Gasteiger partial charge in [-0.25, -0.2) is 0 Å². The molecule has 0 aliphatic carbocycles. The zero-order valence-electron chi connectivity index (χ0n) is 12.5. The summed E-state index contributed by atoms with van der Waals surface area (Å²) in [4.78, 5) is 0. The van der Waals surface area contributed by atoms with Crippen LogP contribution in [0.15, 0.2) is 54.6 Å². The molecule has 0 aromatic heterocycles. The minimum atomic E-state index is -0.0807. The van der Waals surface area contributed by atoms with Gasteiger partial charge in [0.15, 0.2) is 0 Å². The smallest absolute Gasteiger partial charge is 0.119 e. The Morgan fingerprint density at radius 2 is 1.55 bits per heavy atom. The molecule has 0 spiro atoms. The maximum atomic E-state index is 10.3. The van der Waals surface area contributed by atoms with Crippen LogP contribution >= 0.6 is 0 Å². The van der Waals surface area contributed by atoms with E-state index in [9.17, 15) is 5.11 Å². The molecule has 0 amide bonds. The maximum Gasteiger partial charge on any atom is 0.119 e. The van der Waals surface area contributed by atoms with Crippen LogP contribution in [0.5, 0.6) is 5.75 Å². The van der Waals surface area contributed by atoms with Crippen LogP contribution < -0.4 is 0 Å². The Balaban J connectivity index is 2.56. The molecule has 1 atom stereocenters. The van der Waals surface area contributed by atoms with Gasteiger partial charge in [-0.05, 0) is 24.5 Å². The molecular formula is C19H24O. The Labute approximate surface area is 122 Å². The summed E-state index contributed by atoms with van der Waals surface area (Å²) in [6.45, 7) is 4.44. The fraction of sp³-hybridized carbons (Fsp3) is 0.368. The van der Waals surface area contributed by atoms with Crippen LogP contribution in [0.25, 0.3) is 0 Å². The number of benzene rings is 2. The molecule has 0 radical (unpaired) electrons. The zero-order chi connectivity index (χ0) is 14.4. The third-order valence-corrected chi connectivity index (χ3v) is 4.31. The van der Waals surface area contributed by atoms with Crippen molar-refractivity contribution in [2.45, 2.75) is 44.9 Å². The molecule has 2 rings (SSSR count). The first-order valence-corrected chi connectivity index (χ1v) is 7.58. The maximum absolute atomic E-state index is 10.3. The van der Waals surface area contributed by atoms with Crippen LogP contribution in [0.2, 0.25) is 0 Å². The second kappa shape index (κ2) is 6.60. The quantitative estimate of drug-likeness (QED) is 0.755. The van der Waals surface area contributed by atoms with Gasteiger partial charge in [-0.2, -0.15) is 0 Å². The summed E-state index contributed by atoms with van der Waals surface area (Å²) in [5.74, 6) is 0.411. The second-order valence-electron chi connectivity index (χ2n) is 5.42. The van der Waals surface area contributed by atoms with Gasteiger partial charge >= 0.3 is 0 Å². The molecule has 0 aliphatic heterocycles. The lowest BCUT2D eigenvalue weighted by Crippen LogP contribution is -2.27. The molecule has 106 valence electrons. The van der Waals surface area contributed by atoms with E-state index in [4.69, 9.17) is 0 Å². The Bertz CT molecular complexity index is 532. The van der Waals surface area contributed by atoms with E-state index in [1.54, 1.807) is 6.07 Å². The lowest BCUT2D eigenvalue weighted by atomic mass is 9.69. The van der Waals surface area contributed by atoms with Crippen molar-refractivity contribution in [2.24, 2.45) is 0 Å². The second-order valence-corrected chi connectivity index (χ2v) is 5.42. The van der Waals surface area contributed by atoms with Crippen molar-refractivity contribution in [3.63, 3.8) is 0 Å². The van der Waals surface area contributed by atoms with Gasteiger partial charge in [0.1, 0.15) is 5.75 Å². The van der Waals surface area contributed by atoms with Crippen LogP contribution in [0, 0.1) is 0 Å². The molecule has 2 aromatic rings. The van der Waals surface area contributed by atoms with Gasteiger partial charge < -0.3 is 5.11 Å². The van der Waals surface area contributed by atoms with Crippen molar-refractivity contribution in [1.29, 1.82) is 0 Å². The molecule has 1 N–H and O–H groups in total. The monoisotopic (exact) mass is 268 g/mol. The van der Waals surface area contributed by atoms with Crippen molar-refractivity contribution < 1.29 is 5.11 Å². The molecule has 0 heterocycles. The fourth-order valence-electron chi connectivity index (χ4n) is 3.12. The van der Waals surface area contributed by atoms with E-state index >= 15 is 0 Å². The van der Waals surface area contributed by atoms with Crippen molar-refractivity contribution in [3.8, 4) is 5.75 Å². The fourth-order valence-corrected chi connectivity index (χ4v) is 3.12. The van der Waals surface area contributed by atoms with Crippen LogP contribution in [0.1, 0.15) is 50.7 Å². The number of phenolic OH excluding ortho intramolecular Hbond substituents is 1. The predicted molar refractivity (Wildman–Crippen MR) is 85.1 cm³/mol. The molecule has 20 heavy (non-hydrogen) atoms. The van der Waals surface area contributed by atoms with E-state index in [1.165, 1.54) is 12.0 Å². The Hall–Kier alpha value is -1.76. The number of para-hydroxylation sites is 1. The van der Waals surface area contributed by atoms with Crippen molar-refractivity contribution in [3.05, 3.63) is 65.7 Å². The normalized spacial score (nSPS) is 13.9. The van der Waals surface area contributed by atoms with E-state index in [-0.39, 0.29) is 5.41 Å². The van der Waals surface area contributed by atoms with Gasteiger partial charge in [-0.1, -0.05) is 75.2 Å². The van der Waals surface area contributed by atoms with Gasteiger partial charge in [-0.15, -0.1) is 0 Å². The van der Waals surface area contributed by atoms with Crippen LogP contribution in [-0.2, 0) is 5.41 Å². The number of hydrogen-bond donors (Lipinski definition) is 1. The van der Waals surface area contributed by atoms with E-state index < -0.39 is 0 Å². The first-order valence-electron chi connectivity index (χ1n) is 7.58. The van der Waals surface area contributed by atoms with Crippen LogP contribution in [-0.4, -0.2) is 5.11 Å². The van der Waals surface area contributed by atoms with E-state index in [2.05, 4.69) is 50.2 Å². The molecule has 0 aliphatic rings. The molecule has 1 unspecified atom stereocenters. The predicted octanol–water partition coefficient (Wildman–Crippen LogP) is 5.28. The molecular weight excluding hydrogens is 244 g/mol. The van der Waals surface area contributed by atoms with E-state index in [0.717, 1.165) is 24.8 Å². The summed E-state index contributed by atoms with van der Waals surface area (Å²) in [5, 5.41) is 10.3. The van der Waals surface area contributed by atoms with Gasteiger partial charge in [-0.3, -0.25) is 0 Å². The average molecular weight is 268 g/mol. The highest BCUT2D eigenvalue weighted by Gasteiger charge is 2.33. The van der Waals surface area contributed by atoms with E-state index in [0.29, 0.717) is 5.75 Å². The van der Waals surface area contributed by atoms with Crippen molar-refractivity contribution in [1.82, 2.24) is 0 Å². The first kappa shape index (κ1) is 14.6. The Kier molecular flexibility index (Phi) is 4.84. The van der Waals surface area contributed by atoms with Gasteiger partial charge in [0.25, 0.3) is 0 Å². The van der Waals surface area contributed by atoms with Gasteiger partial charge in [0.05, 0.1) is 0 Å². The lowest BCUT2D eigenvalue weighted by molar-refractivity contribution is 0.400. The SMILES string of the molecule is CCCCC(CC)(c1ccccc1)c1ccccc1O. The van der Waals surface area contributed by atoms with Gasteiger partial charge in [0.2, 0.25) is 0 Å². The van der Waals surface area contributed by atoms with Crippen LogP contribution in [0.3, 0.4) is 0 Å². The summed E-state index contributed by atoms with van der Waals surface area (Å²) in [7, 11) is 0. The highest BCUT2D eigenvalue weighted by molar-refractivity contribution is 5.46. The standard InChI is InChI=1S/C19H24O/c1-3-5-15-19(4-2,16-11-7-6-8-12-16)17-13-9-10-14-18(17)20/h6-14,20H,3-5,15H2,1-2H3.